The van der Waals surface area contributed by atoms with E-state index in [1.807, 2.05) is 54.6 Å². The second-order valence-corrected chi connectivity index (χ2v) is 9.14. The summed E-state index contributed by atoms with van der Waals surface area (Å²) < 4.78 is 12.6. The molecule has 0 atom stereocenters. The fourth-order valence-corrected chi connectivity index (χ4v) is 4.57. The van der Waals surface area contributed by atoms with Gasteiger partial charge in [-0.05, 0) is 74.2 Å². The first kappa shape index (κ1) is 26.4. The number of carbonyl (C=O) groups is 1. The van der Waals surface area contributed by atoms with Crippen molar-refractivity contribution in [1.29, 1.82) is 0 Å². The number of anilines is 1. The fourth-order valence-electron chi connectivity index (χ4n) is 4.57. The zero-order chi connectivity index (χ0) is 24.9. The van der Waals surface area contributed by atoms with Gasteiger partial charge in [0.25, 0.3) is 0 Å². The first-order chi connectivity index (χ1) is 17.6. The predicted molar refractivity (Wildman–Crippen MR) is 147 cm³/mol. The monoisotopic (exact) mass is 522 g/mol. The van der Waals surface area contributed by atoms with E-state index in [2.05, 4.69) is 10.3 Å². The van der Waals surface area contributed by atoms with E-state index in [0.29, 0.717) is 29.5 Å². The first-order valence-corrected chi connectivity index (χ1v) is 12.3. The average molecular weight is 523 g/mol. The van der Waals surface area contributed by atoms with Gasteiger partial charge in [-0.1, -0.05) is 24.3 Å². The molecule has 0 saturated carbocycles. The van der Waals surface area contributed by atoms with E-state index in [1.54, 1.807) is 19.3 Å². The van der Waals surface area contributed by atoms with Crippen LogP contribution in [0.4, 0.5) is 5.69 Å². The molecular weight excluding hydrogens is 492 g/mol. The standard InChI is InChI=1S/C28H30N4O4.ClH/c1-31(23-5-3-2-4-6-23)27(33)19-32-24-17-21(7-9-25(24)36-28(32)34)22-8-10-26(30-18-22)35-16-13-20-11-14-29-15-12-20;/h2-10,17-18,20,29H,11-16,19H2,1H3;1H. The molecular formula is C28H31ClN4O4. The number of carbonyl (C=O) groups excluding carboxylic acids is 1. The summed E-state index contributed by atoms with van der Waals surface area (Å²) in [5, 5.41) is 3.38. The molecule has 1 aliphatic heterocycles. The Hall–Kier alpha value is -3.62. The zero-order valence-corrected chi connectivity index (χ0v) is 21.6. The molecule has 9 heteroatoms. The van der Waals surface area contributed by atoms with E-state index in [4.69, 9.17) is 9.15 Å². The second-order valence-electron chi connectivity index (χ2n) is 9.14. The van der Waals surface area contributed by atoms with Gasteiger partial charge >= 0.3 is 5.76 Å². The minimum Gasteiger partial charge on any atom is -0.478 e. The highest BCUT2D eigenvalue weighted by atomic mass is 35.5. The molecule has 3 heterocycles. The van der Waals surface area contributed by atoms with Crippen molar-refractivity contribution in [3.05, 3.63) is 77.4 Å². The number of fused-ring (bicyclic) bond motifs is 1. The Bertz CT molecular complexity index is 1380. The lowest BCUT2D eigenvalue weighted by Crippen LogP contribution is -2.32. The van der Waals surface area contributed by atoms with Crippen molar-refractivity contribution in [3.63, 3.8) is 0 Å². The van der Waals surface area contributed by atoms with Crippen LogP contribution in [0.25, 0.3) is 22.2 Å². The third-order valence-corrected chi connectivity index (χ3v) is 6.78. The molecule has 1 saturated heterocycles. The van der Waals surface area contributed by atoms with Crippen LogP contribution in [0, 0.1) is 5.92 Å². The number of likely N-dealkylation sites (N-methyl/N-ethyl adjacent to an activating group) is 1. The van der Waals surface area contributed by atoms with Crippen LogP contribution in [0.1, 0.15) is 19.3 Å². The molecule has 0 spiro atoms. The van der Waals surface area contributed by atoms with Crippen LogP contribution < -0.4 is 20.7 Å². The topological polar surface area (TPSA) is 89.6 Å². The maximum Gasteiger partial charge on any atom is 0.420 e. The van der Waals surface area contributed by atoms with Crippen molar-refractivity contribution < 1.29 is 13.9 Å². The molecule has 8 nitrogen and oxygen atoms in total. The van der Waals surface area contributed by atoms with E-state index in [0.717, 1.165) is 36.3 Å². The van der Waals surface area contributed by atoms with Gasteiger partial charge in [0.1, 0.15) is 6.54 Å². The third-order valence-electron chi connectivity index (χ3n) is 6.78. The Morgan fingerprint density at radius 1 is 1.11 bits per heavy atom. The number of ether oxygens (including phenoxy) is 1. The van der Waals surface area contributed by atoms with E-state index >= 15 is 0 Å². The Kier molecular flexibility index (Phi) is 8.63. The molecule has 0 radical (unpaired) electrons. The van der Waals surface area contributed by atoms with Crippen molar-refractivity contribution in [2.45, 2.75) is 25.8 Å². The zero-order valence-electron chi connectivity index (χ0n) is 20.8. The van der Waals surface area contributed by atoms with Gasteiger partial charge in [0.2, 0.25) is 11.8 Å². The van der Waals surface area contributed by atoms with Crippen LogP contribution in [0.5, 0.6) is 5.88 Å². The molecule has 0 unspecified atom stereocenters. The number of para-hydroxylation sites is 1. The first-order valence-electron chi connectivity index (χ1n) is 12.3. The van der Waals surface area contributed by atoms with E-state index in [9.17, 15) is 9.59 Å². The number of pyridine rings is 1. The minimum absolute atomic E-state index is 0. The summed E-state index contributed by atoms with van der Waals surface area (Å²) in [6.45, 7) is 2.72. The van der Waals surface area contributed by atoms with E-state index in [1.165, 1.54) is 22.3 Å². The quantitative estimate of drug-likeness (QED) is 0.366. The molecule has 37 heavy (non-hydrogen) atoms. The van der Waals surface area contributed by atoms with Gasteiger partial charge in [0, 0.05) is 30.6 Å². The number of piperidine rings is 1. The highest BCUT2D eigenvalue weighted by Gasteiger charge is 2.17. The summed E-state index contributed by atoms with van der Waals surface area (Å²) in [5.74, 6) is 0.532. The number of rotatable bonds is 8. The van der Waals surface area contributed by atoms with Crippen molar-refractivity contribution >= 4 is 35.1 Å². The summed E-state index contributed by atoms with van der Waals surface area (Å²) in [6, 6.07) is 18.6. The van der Waals surface area contributed by atoms with Gasteiger partial charge in [0.05, 0.1) is 12.1 Å². The summed E-state index contributed by atoms with van der Waals surface area (Å²) in [6.07, 6.45) is 5.20. The largest absolute Gasteiger partial charge is 0.478 e. The van der Waals surface area contributed by atoms with Crippen LogP contribution in [-0.4, -0.2) is 42.2 Å². The SMILES string of the molecule is CN(C(=O)Cn1c(=O)oc2ccc(-c3ccc(OCCC4CCNCC4)nc3)cc21)c1ccccc1.Cl. The summed E-state index contributed by atoms with van der Waals surface area (Å²) >= 11 is 0. The second kappa shape index (κ2) is 12.1. The van der Waals surface area contributed by atoms with Crippen LogP contribution in [0.3, 0.4) is 0 Å². The van der Waals surface area contributed by atoms with Gasteiger partial charge in [-0.25, -0.2) is 9.78 Å². The van der Waals surface area contributed by atoms with Crippen molar-refractivity contribution in [2.75, 3.05) is 31.6 Å². The molecule has 1 aliphatic rings. The molecule has 0 bridgehead atoms. The maximum absolute atomic E-state index is 12.9. The Morgan fingerprint density at radius 2 is 1.86 bits per heavy atom. The molecule has 1 fully saturated rings. The predicted octanol–water partition coefficient (Wildman–Crippen LogP) is 4.51. The Labute approximate surface area is 221 Å². The number of benzene rings is 2. The highest BCUT2D eigenvalue weighted by Crippen LogP contribution is 2.25. The highest BCUT2D eigenvalue weighted by molar-refractivity contribution is 5.93. The van der Waals surface area contributed by atoms with Gasteiger partial charge in [-0.15, -0.1) is 12.4 Å². The lowest BCUT2D eigenvalue weighted by molar-refractivity contribution is -0.118. The molecule has 5 rings (SSSR count). The molecule has 0 aliphatic carbocycles. The normalized spacial score (nSPS) is 13.8. The smallest absolute Gasteiger partial charge is 0.420 e. The molecule has 194 valence electrons. The Balaban J connectivity index is 0.00000320. The van der Waals surface area contributed by atoms with E-state index < -0.39 is 5.76 Å². The summed E-state index contributed by atoms with van der Waals surface area (Å²) in [7, 11) is 1.69. The van der Waals surface area contributed by atoms with Crippen molar-refractivity contribution in [2.24, 2.45) is 5.92 Å². The number of oxazole rings is 1. The van der Waals surface area contributed by atoms with E-state index in [-0.39, 0.29) is 24.9 Å². The number of hydrogen-bond donors (Lipinski definition) is 1. The van der Waals surface area contributed by atoms with Crippen LogP contribution in [0.2, 0.25) is 0 Å². The van der Waals surface area contributed by atoms with Crippen molar-refractivity contribution in [3.8, 4) is 17.0 Å². The lowest BCUT2D eigenvalue weighted by Gasteiger charge is -2.22. The Morgan fingerprint density at radius 3 is 2.59 bits per heavy atom. The number of aromatic nitrogens is 2. The summed E-state index contributed by atoms with van der Waals surface area (Å²) in [5.41, 5.74) is 3.51. The summed E-state index contributed by atoms with van der Waals surface area (Å²) in [4.78, 5) is 31.4. The van der Waals surface area contributed by atoms with Crippen LogP contribution in [-0.2, 0) is 11.3 Å². The molecule has 2 aromatic heterocycles. The van der Waals surface area contributed by atoms with Gasteiger partial charge in [-0.2, -0.15) is 0 Å². The number of hydrogen-bond acceptors (Lipinski definition) is 6. The maximum atomic E-state index is 12.9. The fraction of sp³-hybridized carbons (Fsp3) is 0.321. The van der Waals surface area contributed by atoms with Gasteiger partial charge in [-0.3, -0.25) is 9.36 Å². The van der Waals surface area contributed by atoms with Crippen molar-refractivity contribution in [1.82, 2.24) is 14.9 Å². The number of halogens is 1. The van der Waals surface area contributed by atoms with Crippen LogP contribution >= 0.6 is 12.4 Å². The third kappa shape index (κ3) is 6.21. The molecule has 1 amide bonds. The number of nitrogens with one attached hydrogen (secondary N) is 1. The minimum atomic E-state index is -0.562. The van der Waals surface area contributed by atoms with Gasteiger partial charge < -0.3 is 19.4 Å². The lowest BCUT2D eigenvalue weighted by atomic mass is 9.95. The van der Waals surface area contributed by atoms with Crippen LogP contribution in [0.15, 0.2) is 76.1 Å². The van der Waals surface area contributed by atoms with Gasteiger partial charge in [0.15, 0.2) is 5.58 Å². The molecule has 1 N–H and O–H groups in total. The average Bonchev–Trinajstić information content (AvgIpc) is 3.23. The number of nitrogens with zero attached hydrogens (tertiary/aromatic N) is 3. The number of amides is 1. The molecule has 2 aromatic carbocycles. The molecule has 4 aromatic rings.